The highest BCUT2D eigenvalue weighted by molar-refractivity contribution is 5.82. The molecule has 96 valence electrons. The van der Waals surface area contributed by atoms with Crippen LogP contribution in [0.15, 0.2) is 24.3 Å². The number of aryl methyl sites for hydroxylation is 1. The summed E-state index contributed by atoms with van der Waals surface area (Å²) < 4.78 is 16.3. The Hall–Kier alpha value is -1.42. The van der Waals surface area contributed by atoms with E-state index in [-0.39, 0.29) is 6.04 Å². The molecule has 1 aliphatic rings. The first kappa shape index (κ1) is 11.7. The summed E-state index contributed by atoms with van der Waals surface area (Å²) in [7, 11) is 0. The van der Waals surface area contributed by atoms with Crippen molar-refractivity contribution in [1.82, 2.24) is 9.78 Å². The van der Waals surface area contributed by atoms with Crippen LogP contribution in [0.25, 0.3) is 10.9 Å². The van der Waals surface area contributed by atoms with Gasteiger partial charge in [0.05, 0.1) is 11.2 Å². The van der Waals surface area contributed by atoms with Crippen molar-refractivity contribution in [3.05, 3.63) is 30.0 Å². The zero-order valence-electron chi connectivity index (χ0n) is 10.6. The molecule has 1 heterocycles. The second-order valence-electron chi connectivity index (χ2n) is 5.28. The topological polar surface area (TPSA) is 43.8 Å². The van der Waals surface area contributed by atoms with E-state index >= 15 is 0 Å². The van der Waals surface area contributed by atoms with Crippen molar-refractivity contribution in [3.63, 3.8) is 0 Å². The molecule has 1 aromatic heterocycles. The Kier molecular flexibility index (Phi) is 2.63. The minimum absolute atomic E-state index is 0.0227. The van der Waals surface area contributed by atoms with Crippen LogP contribution in [-0.4, -0.2) is 21.5 Å². The van der Waals surface area contributed by atoms with Crippen LogP contribution >= 0.6 is 0 Å². The summed E-state index contributed by atoms with van der Waals surface area (Å²) >= 11 is 0. The van der Waals surface area contributed by atoms with Gasteiger partial charge in [-0.15, -0.1) is 0 Å². The predicted octanol–water partition coefficient (Wildman–Crippen LogP) is 2.43. The number of benzene rings is 1. The Balaban J connectivity index is 1.97. The van der Waals surface area contributed by atoms with E-state index in [0.717, 1.165) is 23.1 Å². The van der Waals surface area contributed by atoms with Gasteiger partial charge in [0.1, 0.15) is 5.67 Å². The number of nitrogens with two attached hydrogens (primary N) is 1. The maximum atomic E-state index is 14.4. The number of hydrogen-bond donors (Lipinski definition) is 1. The van der Waals surface area contributed by atoms with Crippen LogP contribution in [0.2, 0.25) is 0 Å². The van der Waals surface area contributed by atoms with E-state index in [1.54, 1.807) is 0 Å². The number of alkyl halides is 1. The lowest BCUT2D eigenvalue weighted by atomic mass is 9.75. The summed E-state index contributed by atoms with van der Waals surface area (Å²) in [6, 6.07) is 8.04. The van der Waals surface area contributed by atoms with Gasteiger partial charge in [-0.2, -0.15) is 5.10 Å². The zero-order valence-corrected chi connectivity index (χ0v) is 10.6. The summed E-state index contributed by atoms with van der Waals surface area (Å²) in [6.45, 7) is 2.85. The first-order chi connectivity index (χ1) is 8.61. The largest absolute Gasteiger partial charge is 0.327 e. The molecule has 3 rings (SSSR count). The second-order valence-corrected chi connectivity index (χ2v) is 5.28. The van der Waals surface area contributed by atoms with Crippen molar-refractivity contribution in [2.75, 3.05) is 0 Å². The molecule has 18 heavy (non-hydrogen) atoms. The summed E-state index contributed by atoms with van der Waals surface area (Å²) in [5.74, 6) is 0. The first-order valence-electron chi connectivity index (χ1n) is 6.50. The molecule has 4 heteroatoms. The van der Waals surface area contributed by atoms with Crippen LogP contribution in [0, 0.1) is 0 Å². The van der Waals surface area contributed by atoms with Gasteiger partial charge in [0, 0.05) is 24.4 Å². The Bertz CT molecular complexity index is 569. The summed E-state index contributed by atoms with van der Waals surface area (Å²) in [5, 5.41) is 5.60. The van der Waals surface area contributed by atoms with Crippen molar-refractivity contribution < 1.29 is 4.39 Å². The third-order valence-electron chi connectivity index (χ3n) is 3.77. The second kappa shape index (κ2) is 4.05. The Labute approximate surface area is 106 Å². The average Bonchev–Trinajstić information content (AvgIpc) is 2.66. The van der Waals surface area contributed by atoms with Crippen LogP contribution in [0.3, 0.4) is 0 Å². The molecule has 0 radical (unpaired) electrons. The molecule has 0 aliphatic heterocycles. The number of hydrogen-bond acceptors (Lipinski definition) is 2. The smallest absolute Gasteiger partial charge is 0.119 e. The number of nitrogens with zero attached hydrogens (tertiary/aromatic N) is 2. The van der Waals surface area contributed by atoms with Crippen molar-refractivity contribution in [2.45, 2.75) is 44.4 Å². The van der Waals surface area contributed by atoms with Gasteiger partial charge in [0.2, 0.25) is 0 Å². The Morgan fingerprint density at radius 3 is 2.83 bits per heavy atom. The van der Waals surface area contributed by atoms with E-state index in [2.05, 4.69) is 5.10 Å². The molecule has 0 amide bonds. The van der Waals surface area contributed by atoms with E-state index < -0.39 is 5.67 Å². The molecule has 1 aromatic carbocycles. The molecule has 0 unspecified atom stereocenters. The minimum Gasteiger partial charge on any atom is -0.327 e. The number of aromatic nitrogens is 2. The number of fused-ring (bicyclic) bond motifs is 1. The Morgan fingerprint density at radius 1 is 1.44 bits per heavy atom. The van der Waals surface area contributed by atoms with Gasteiger partial charge in [-0.25, -0.2) is 4.39 Å². The van der Waals surface area contributed by atoms with Crippen LogP contribution < -0.4 is 5.73 Å². The minimum atomic E-state index is -1.14. The van der Waals surface area contributed by atoms with E-state index in [1.165, 1.54) is 0 Å². The van der Waals surface area contributed by atoms with Crippen molar-refractivity contribution in [1.29, 1.82) is 0 Å². The van der Waals surface area contributed by atoms with E-state index in [1.807, 2.05) is 35.9 Å². The maximum absolute atomic E-state index is 14.4. The lowest BCUT2D eigenvalue weighted by molar-refractivity contribution is 0.0436. The highest BCUT2D eigenvalue weighted by Crippen LogP contribution is 2.38. The fourth-order valence-corrected chi connectivity index (χ4v) is 2.89. The summed E-state index contributed by atoms with van der Waals surface area (Å²) in [5.41, 5.74) is 6.49. The van der Waals surface area contributed by atoms with Crippen molar-refractivity contribution >= 4 is 10.9 Å². The first-order valence-corrected chi connectivity index (χ1v) is 6.50. The standard InChI is InChI=1S/C14H18FN3/c1-2-18-13-6-4-3-5-11(13)12(17-18)9-14(15)7-10(16)8-14/h3-6,10H,2,7-9,16H2,1H3. The molecule has 2 aromatic rings. The molecule has 1 fully saturated rings. The molecule has 0 spiro atoms. The van der Waals surface area contributed by atoms with Crippen molar-refractivity contribution in [3.8, 4) is 0 Å². The highest BCUT2D eigenvalue weighted by Gasteiger charge is 2.43. The monoisotopic (exact) mass is 247 g/mol. The number of halogens is 1. The molecule has 1 aliphatic carbocycles. The van der Waals surface area contributed by atoms with Gasteiger partial charge in [-0.3, -0.25) is 4.68 Å². The number of rotatable bonds is 3. The van der Waals surface area contributed by atoms with E-state index in [0.29, 0.717) is 19.3 Å². The quantitative estimate of drug-likeness (QED) is 0.905. The van der Waals surface area contributed by atoms with Crippen LogP contribution in [0.5, 0.6) is 0 Å². The van der Waals surface area contributed by atoms with E-state index in [4.69, 9.17) is 5.73 Å². The lowest BCUT2D eigenvalue weighted by Crippen LogP contribution is -2.49. The summed E-state index contributed by atoms with van der Waals surface area (Å²) in [6.07, 6.45) is 1.30. The number of para-hydroxylation sites is 1. The fourth-order valence-electron chi connectivity index (χ4n) is 2.89. The molecule has 2 N–H and O–H groups in total. The van der Waals surface area contributed by atoms with Gasteiger partial charge < -0.3 is 5.73 Å². The van der Waals surface area contributed by atoms with E-state index in [9.17, 15) is 4.39 Å². The predicted molar refractivity (Wildman–Crippen MR) is 70.2 cm³/mol. The Morgan fingerprint density at radius 2 is 2.17 bits per heavy atom. The average molecular weight is 247 g/mol. The third-order valence-corrected chi connectivity index (χ3v) is 3.77. The normalized spacial score (nSPS) is 27.4. The van der Waals surface area contributed by atoms with Gasteiger partial charge in [0.25, 0.3) is 0 Å². The van der Waals surface area contributed by atoms with Crippen molar-refractivity contribution in [2.24, 2.45) is 5.73 Å². The molecular weight excluding hydrogens is 229 g/mol. The zero-order chi connectivity index (χ0) is 12.8. The van der Waals surface area contributed by atoms with Gasteiger partial charge in [-0.05, 0) is 25.8 Å². The van der Waals surface area contributed by atoms with Gasteiger partial charge in [0.15, 0.2) is 0 Å². The van der Waals surface area contributed by atoms with Crippen LogP contribution in [0.1, 0.15) is 25.5 Å². The molecule has 3 nitrogen and oxygen atoms in total. The highest BCUT2D eigenvalue weighted by atomic mass is 19.1. The van der Waals surface area contributed by atoms with Crippen LogP contribution in [-0.2, 0) is 13.0 Å². The molecule has 0 atom stereocenters. The maximum Gasteiger partial charge on any atom is 0.119 e. The molecule has 1 saturated carbocycles. The van der Waals surface area contributed by atoms with Gasteiger partial charge in [-0.1, -0.05) is 18.2 Å². The summed E-state index contributed by atoms with van der Waals surface area (Å²) in [4.78, 5) is 0. The molecule has 0 bridgehead atoms. The van der Waals surface area contributed by atoms with Gasteiger partial charge >= 0.3 is 0 Å². The van der Waals surface area contributed by atoms with Crippen LogP contribution in [0.4, 0.5) is 4.39 Å². The fraction of sp³-hybridized carbons (Fsp3) is 0.500. The molecular formula is C14H18FN3. The lowest BCUT2D eigenvalue weighted by Gasteiger charge is -2.38. The third kappa shape index (κ3) is 1.81. The SMILES string of the molecule is CCn1nc(CC2(F)CC(N)C2)c2ccccc21. The molecule has 0 saturated heterocycles.